The number of hydrogen-bond acceptors (Lipinski definition) is 3. The van der Waals surface area contributed by atoms with Crippen molar-refractivity contribution in [3.8, 4) is 0 Å². The number of aromatic amines is 1. The van der Waals surface area contributed by atoms with Crippen molar-refractivity contribution in [2.24, 2.45) is 5.92 Å². The molecular weight excluding hydrogens is 450 g/mol. The first kappa shape index (κ1) is 23.6. The number of aromatic nitrogens is 3. The van der Waals surface area contributed by atoms with Crippen molar-refractivity contribution in [1.82, 2.24) is 19.7 Å². The van der Waals surface area contributed by atoms with Crippen molar-refractivity contribution in [3.63, 3.8) is 0 Å². The molecule has 3 aromatic rings. The molecule has 0 saturated heterocycles. The molecule has 2 aliphatic rings. The molecule has 1 unspecified atom stereocenters. The van der Waals surface area contributed by atoms with Crippen LogP contribution in [0.15, 0.2) is 78.5 Å². The lowest BCUT2D eigenvalue weighted by atomic mass is 9.95. The maximum absolute atomic E-state index is 13.5. The summed E-state index contributed by atoms with van der Waals surface area (Å²) < 4.78 is 1.95. The molecule has 2 N–H and O–H groups in total. The summed E-state index contributed by atoms with van der Waals surface area (Å²) in [5.41, 5.74) is 5.65. The fourth-order valence-corrected chi connectivity index (χ4v) is 5.04. The summed E-state index contributed by atoms with van der Waals surface area (Å²) in [7, 11) is 0. The van der Waals surface area contributed by atoms with Crippen LogP contribution < -0.4 is 5.32 Å². The minimum absolute atomic E-state index is 0.0200. The van der Waals surface area contributed by atoms with Crippen LogP contribution in [0.2, 0.25) is 0 Å². The molecule has 0 spiro atoms. The number of hydrogen-bond donors (Lipinski definition) is 2. The molecule has 0 radical (unpaired) electrons. The number of nitrogens with zero attached hydrogens (tertiary/aromatic N) is 3. The Kier molecular flexibility index (Phi) is 6.46. The molecule has 36 heavy (non-hydrogen) atoms. The molecule has 1 aromatic carbocycles. The summed E-state index contributed by atoms with van der Waals surface area (Å²) in [6.07, 6.45) is 12.3. The fraction of sp³-hybridized carbons (Fsp3) is 0.276. The number of H-pyrrole nitrogens is 1. The van der Waals surface area contributed by atoms with Gasteiger partial charge in [0.15, 0.2) is 5.69 Å². The summed E-state index contributed by atoms with van der Waals surface area (Å²) in [6, 6.07) is 11.3. The van der Waals surface area contributed by atoms with E-state index in [0.717, 1.165) is 28.1 Å². The first-order valence-electron chi connectivity index (χ1n) is 12.3. The second-order valence-corrected chi connectivity index (χ2v) is 9.71. The third kappa shape index (κ3) is 4.82. The van der Waals surface area contributed by atoms with E-state index in [1.54, 1.807) is 17.2 Å². The number of allylic oxidation sites excluding steroid dienone is 6. The number of benzene rings is 1. The highest BCUT2D eigenvalue weighted by Gasteiger charge is 2.34. The molecular formula is C29H31N5O2. The van der Waals surface area contributed by atoms with Crippen LogP contribution in [0.25, 0.3) is 0 Å². The molecule has 5 rings (SSSR count). The third-order valence-corrected chi connectivity index (χ3v) is 6.66. The van der Waals surface area contributed by atoms with E-state index in [0.29, 0.717) is 36.9 Å². The largest absolute Gasteiger partial charge is 0.357 e. The predicted molar refractivity (Wildman–Crippen MR) is 141 cm³/mol. The van der Waals surface area contributed by atoms with Crippen molar-refractivity contribution in [2.45, 2.75) is 39.8 Å². The predicted octanol–water partition coefficient (Wildman–Crippen LogP) is 5.22. The van der Waals surface area contributed by atoms with Gasteiger partial charge in [-0.05, 0) is 48.2 Å². The average Bonchev–Trinajstić information content (AvgIpc) is 3.45. The number of fused-ring (bicyclic) bond motifs is 1. The number of anilines is 1. The summed E-state index contributed by atoms with van der Waals surface area (Å²) >= 11 is 0. The number of carbonyl (C=O) groups excluding carboxylic acids is 2. The fourth-order valence-electron chi connectivity index (χ4n) is 5.04. The van der Waals surface area contributed by atoms with Crippen LogP contribution in [0.1, 0.15) is 57.6 Å². The molecule has 1 aliphatic carbocycles. The highest BCUT2D eigenvalue weighted by Crippen LogP contribution is 2.32. The minimum Gasteiger partial charge on any atom is -0.357 e. The SMILES string of the molecule is Cc1cccc(NC(=O)c2nn(CC3=CC(C)C=CC=C3)c3c2CN(C(=O)c2ccc[nH]2)C[C@H]3C)c1. The lowest BCUT2D eigenvalue weighted by Gasteiger charge is -2.32. The Bertz CT molecular complexity index is 1380. The number of carbonyl (C=O) groups is 2. The molecule has 2 atom stereocenters. The molecule has 2 aromatic heterocycles. The van der Waals surface area contributed by atoms with Crippen LogP contribution in [0.5, 0.6) is 0 Å². The number of amides is 2. The van der Waals surface area contributed by atoms with Gasteiger partial charge in [-0.25, -0.2) is 0 Å². The first-order valence-corrected chi connectivity index (χ1v) is 12.3. The summed E-state index contributed by atoms with van der Waals surface area (Å²) in [6.45, 7) is 7.69. The molecule has 2 amide bonds. The summed E-state index contributed by atoms with van der Waals surface area (Å²) in [5.74, 6) is -0.00889. The van der Waals surface area contributed by atoms with Crippen LogP contribution in [-0.2, 0) is 13.1 Å². The number of rotatable bonds is 5. The van der Waals surface area contributed by atoms with Gasteiger partial charge in [0, 0.05) is 35.6 Å². The monoisotopic (exact) mass is 481 g/mol. The zero-order valence-corrected chi connectivity index (χ0v) is 20.9. The average molecular weight is 482 g/mol. The normalized spacial score (nSPS) is 19.0. The molecule has 7 heteroatoms. The minimum atomic E-state index is -0.266. The van der Waals surface area contributed by atoms with E-state index in [9.17, 15) is 9.59 Å². The van der Waals surface area contributed by atoms with E-state index in [-0.39, 0.29) is 17.7 Å². The van der Waals surface area contributed by atoms with Gasteiger partial charge in [-0.3, -0.25) is 14.3 Å². The van der Waals surface area contributed by atoms with Crippen molar-refractivity contribution in [2.75, 3.05) is 11.9 Å². The third-order valence-electron chi connectivity index (χ3n) is 6.66. The highest BCUT2D eigenvalue weighted by atomic mass is 16.2. The van der Waals surface area contributed by atoms with E-state index >= 15 is 0 Å². The molecule has 1 aliphatic heterocycles. The van der Waals surface area contributed by atoms with Crippen molar-refractivity contribution < 1.29 is 9.59 Å². The van der Waals surface area contributed by atoms with Crippen LogP contribution in [0, 0.1) is 12.8 Å². The van der Waals surface area contributed by atoms with Crippen molar-refractivity contribution in [3.05, 3.63) is 107 Å². The Labute approximate surface area is 211 Å². The van der Waals surface area contributed by atoms with E-state index in [1.807, 2.05) is 48.0 Å². The van der Waals surface area contributed by atoms with Crippen LogP contribution in [0.3, 0.4) is 0 Å². The Balaban J connectivity index is 1.52. The van der Waals surface area contributed by atoms with Crippen LogP contribution in [-0.4, -0.2) is 38.0 Å². The summed E-state index contributed by atoms with van der Waals surface area (Å²) in [4.78, 5) is 31.5. The lowest BCUT2D eigenvalue weighted by Crippen LogP contribution is -2.38. The molecule has 0 saturated carbocycles. The second-order valence-electron chi connectivity index (χ2n) is 9.71. The Morgan fingerprint density at radius 3 is 2.81 bits per heavy atom. The second kappa shape index (κ2) is 9.85. The number of nitrogens with one attached hydrogen (secondary N) is 2. The van der Waals surface area contributed by atoms with Crippen LogP contribution in [0.4, 0.5) is 5.69 Å². The van der Waals surface area contributed by atoms with Gasteiger partial charge in [-0.1, -0.05) is 56.4 Å². The van der Waals surface area contributed by atoms with Gasteiger partial charge in [0.1, 0.15) is 5.69 Å². The van der Waals surface area contributed by atoms with E-state index in [4.69, 9.17) is 5.10 Å². The lowest BCUT2D eigenvalue weighted by molar-refractivity contribution is 0.0711. The topological polar surface area (TPSA) is 83.0 Å². The van der Waals surface area contributed by atoms with E-state index < -0.39 is 0 Å². The maximum atomic E-state index is 13.5. The van der Waals surface area contributed by atoms with Gasteiger partial charge in [0.2, 0.25) is 0 Å². The van der Waals surface area contributed by atoms with Gasteiger partial charge in [0.05, 0.1) is 13.1 Å². The smallest absolute Gasteiger partial charge is 0.276 e. The first-order chi connectivity index (χ1) is 17.4. The zero-order valence-electron chi connectivity index (χ0n) is 20.9. The van der Waals surface area contributed by atoms with E-state index in [2.05, 4.69) is 48.5 Å². The van der Waals surface area contributed by atoms with Gasteiger partial charge in [-0.2, -0.15) is 5.10 Å². The quantitative estimate of drug-likeness (QED) is 0.524. The molecule has 7 nitrogen and oxygen atoms in total. The van der Waals surface area contributed by atoms with Gasteiger partial charge < -0.3 is 15.2 Å². The molecule has 0 fully saturated rings. The van der Waals surface area contributed by atoms with Crippen molar-refractivity contribution >= 4 is 17.5 Å². The van der Waals surface area contributed by atoms with E-state index in [1.165, 1.54) is 0 Å². The Morgan fingerprint density at radius 2 is 2.03 bits per heavy atom. The molecule has 3 heterocycles. The standard InChI is InChI=1S/C29H31N5O2/c1-19-8-4-5-10-22(14-19)17-34-27-21(3)16-33(29(36)25-12-7-13-30-25)18-24(27)26(32-34)28(35)31-23-11-6-9-20(2)15-23/h4-15,19,21,30H,16-18H2,1-3H3,(H,31,35)/t19?,21-/m1/s1. The van der Waals surface area contributed by atoms with Gasteiger partial charge in [0.25, 0.3) is 11.8 Å². The highest BCUT2D eigenvalue weighted by molar-refractivity contribution is 6.04. The van der Waals surface area contributed by atoms with Gasteiger partial charge >= 0.3 is 0 Å². The molecule has 184 valence electrons. The van der Waals surface area contributed by atoms with Crippen LogP contribution >= 0.6 is 0 Å². The van der Waals surface area contributed by atoms with Crippen molar-refractivity contribution in [1.29, 1.82) is 0 Å². The van der Waals surface area contributed by atoms with Gasteiger partial charge in [-0.15, -0.1) is 0 Å². The molecule has 0 bridgehead atoms. The Hall–Kier alpha value is -4.13. The summed E-state index contributed by atoms with van der Waals surface area (Å²) in [5, 5.41) is 7.84. The zero-order chi connectivity index (χ0) is 25.2. The number of aryl methyl sites for hydroxylation is 1. The maximum Gasteiger partial charge on any atom is 0.276 e. The Morgan fingerprint density at radius 1 is 1.17 bits per heavy atom.